The van der Waals surface area contributed by atoms with Crippen molar-refractivity contribution < 1.29 is 0 Å². The molecule has 1 heterocycles. The van der Waals surface area contributed by atoms with Crippen LogP contribution in [0.3, 0.4) is 0 Å². The predicted molar refractivity (Wildman–Crippen MR) is 84.2 cm³/mol. The summed E-state index contributed by atoms with van der Waals surface area (Å²) in [4.78, 5) is 6.57. The van der Waals surface area contributed by atoms with Gasteiger partial charge in [0, 0.05) is 14.1 Å². The molecule has 0 aliphatic carbocycles. The Hall–Kier alpha value is -2.14. The average Bonchev–Trinajstić information content (AvgIpc) is 2.39. The molecular weight excluding hydrogens is 256 g/mol. The molecule has 98 valence electrons. The molecule has 3 N–H and O–H groups in total. The van der Waals surface area contributed by atoms with Gasteiger partial charge in [0.05, 0.1) is 29.0 Å². The lowest BCUT2D eigenvalue weighted by Gasteiger charge is -2.18. The van der Waals surface area contributed by atoms with Gasteiger partial charge in [-0.3, -0.25) is 4.98 Å². The van der Waals surface area contributed by atoms with Crippen LogP contribution in [0.4, 0.5) is 17.1 Å². The van der Waals surface area contributed by atoms with E-state index in [1.54, 1.807) is 6.20 Å². The first-order valence-corrected chi connectivity index (χ1v) is 6.28. The van der Waals surface area contributed by atoms with Crippen LogP contribution in [0, 0.1) is 0 Å². The molecule has 0 fully saturated rings. The predicted octanol–water partition coefficient (Wildman–Crippen LogP) is 2.53. The van der Waals surface area contributed by atoms with Crippen LogP contribution in [0.1, 0.15) is 5.69 Å². The van der Waals surface area contributed by atoms with E-state index in [1.807, 2.05) is 44.4 Å². The first-order valence-electron chi connectivity index (χ1n) is 5.87. The van der Waals surface area contributed by atoms with Crippen molar-refractivity contribution in [2.75, 3.05) is 24.3 Å². The fraction of sp³-hybridized carbons (Fsp3) is 0.143. The molecule has 0 saturated carbocycles. The third kappa shape index (κ3) is 3.20. The molecule has 4 nitrogen and oxygen atoms in total. The molecule has 1 aromatic heterocycles. The highest BCUT2D eigenvalue weighted by Gasteiger charge is 2.04. The van der Waals surface area contributed by atoms with Gasteiger partial charge < -0.3 is 16.0 Å². The van der Waals surface area contributed by atoms with Gasteiger partial charge in [-0.15, -0.1) is 0 Å². The quantitative estimate of drug-likeness (QED) is 0.838. The Morgan fingerprint density at radius 1 is 1.21 bits per heavy atom. The summed E-state index contributed by atoms with van der Waals surface area (Å²) >= 11 is 4.88. The largest absolute Gasteiger partial charge is 0.388 e. The molecule has 5 heteroatoms. The summed E-state index contributed by atoms with van der Waals surface area (Å²) in [6.07, 6.45) is 1.72. The van der Waals surface area contributed by atoms with Crippen LogP contribution in [0.15, 0.2) is 42.6 Å². The highest BCUT2D eigenvalue weighted by atomic mass is 32.1. The van der Waals surface area contributed by atoms with Gasteiger partial charge in [0.15, 0.2) is 0 Å². The van der Waals surface area contributed by atoms with E-state index in [0.29, 0.717) is 10.7 Å². The van der Waals surface area contributed by atoms with Crippen molar-refractivity contribution in [2.45, 2.75) is 0 Å². The van der Waals surface area contributed by atoms with Crippen LogP contribution in [0.2, 0.25) is 0 Å². The second-order valence-electron chi connectivity index (χ2n) is 4.33. The number of para-hydroxylation sites is 2. The molecule has 2 rings (SSSR count). The summed E-state index contributed by atoms with van der Waals surface area (Å²) in [5.74, 6) is 0. The molecule has 1 aromatic carbocycles. The Balaban J connectivity index is 2.24. The SMILES string of the molecule is CN(C)c1ccccc1Nc1ccc(C(N)=S)nc1. The molecule has 0 spiro atoms. The molecule has 0 amide bonds. The van der Waals surface area contributed by atoms with Crippen molar-refractivity contribution in [3.63, 3.8) is 0 Å². The third-order valence-electron chi connectivity index (χ3n) is 2.68. The van der Waals surface area contributed by atoms with Crippen LogP contribution < -0.4 is 16.0 Å². The Morgan fingerprint density at radius 2 is 1.95 bits per heavy atom. The number of aromatic nitrogens is 1. The Kier molecular flexibility index (Phi) is 3.97. The fourth-order valence-electron chi connectivity index (χ4n) is 1.74. The van der Waals surface area contributed by atoms with E-state index in [-0.39, 0.29) is 0 Å². The molecule has 0 aliphatic rings. The van der Waals surface area contributed by atoms with Crippen LogP contribution in [-0.2, 0) is 0 Å². The Labute approximate surface area is 118 Å². The smallest absolute Gasteiger partial charge is 0.122 e. The molecular formula is C14H16N4S. The zero-order valence-electron chi connectivity index (χ0n) is 10.9. The number of hydrogen-bond donors (Lipinski definition) is 2. The number of pyridine rings is 1. The maximum atomic E-state index is 5.52. The first kappa shape index (κ1) is 13.3. The van der Waals surface area contributed by atoms with Crippen LogP contribution in [-0.4, -0.2) is 24.1 Å². The number of anilines is 3. The lowest BCUT2D eigenvalue weighted by atomic mass is 10.2. The van der Waals surface area contributed by atoms with E-state index in [2.05, 4.69) is 21.3 Å². The van der Waals surface area contributed by atoms with Crippen molar-refractivity contribution in [2.24, 2.45) is 5.73 Å². The van der Waals surface area contributed by atoms with Gasteiger partial charge in [0.25, 0.3) is 0 Å². The number of nitrogens with two attached hydrogens (primary N) is 1. The number of nitrogens with zero attached hydrogens (tertiary/aromatic N) is 2. The summed E-state index contributed by atoms with van der Waals surface area (Å²) in [7, 11) is 4.02. The van der Waals surface area contributed by atoms with E-state index in [9.17, 15) is 0 Å². The number of nitrogens with one attached hydrogen (secondary N) is 1. The lowest BCUT2D eigenvalue weighted by Crippen LogP contribution is -2.12. The van der Waals surface area contributed by atoms with Gasteiger partial charge in [0.1, 0.15) is 4.99 Å². The number of thiocarbonyl (C=S) groups is 1. The average molecular weight is 272 g/mol. The van der Waals surface area contributed by atoms with Crippen LogP contribution in [0.25, 0.3) is 0 Å². The van der Waals surface area contributed by atoms with E-state index in [1.165, 1.54) is 0 Å². The summed E-state index contributed by atoms with van der Waals surface area (Å²) in [6, 6.07) is 11.8. The fourth-order valence-corrected chi connectivity index (χ4v) is 1.86. The van der Waals surface area contributed by atoms with Gasteiger partial charge in [0.2, 0.25) is 0 Å². The maximum Gasteiger partial charge on any atom is 0.122 e. The van der Waals surface area contributed by atoms with Gasteiger partial charge in [-0.25, -0.2) is 0 Å². The molecule has 19 heavy (non-hydrogen) atoms. The van der Waals surface area contributed by atoms with Gasteiger partial charge in [-0.1, -0.05) is 24.4 Å². The zero-order valence-corrected chi connectivity index (χ0v) is 11.7. The van der Waals surface area contributed by atoms with Crippen molar-refractivity contribution >= 4 is 34.3 Å². The first-order chi connectivity index (χ1) is 9.08. The minimum atomic E-state index is 0.306. The zero-order chi connectivity index (χ0) is 13.8. The molecule has 0 bridgehead atoms. The minimum absolute atomic E-state index is 0.306. The minimum Gasteiger partial charge on any atom is -0.388 e. The van der Waals surface area contributed by atoms with E-state index >= 15 is 0 Å². The second kappa shape index (κ2) is 5.67. The highest BCUT2D eigenvalue weighted by Crippen LogP contribution is 2.26. The van der Waals surface area contributed by atoms with Crippen molar-refractivity contribution in [1.82, 2.24) is 4.98 Å². The lowest BCUT2D eigenvalue weighted by molar-refractivity contribution is 1.13. The molecule has 0 unspecified atom stereocenters. The van der Waals surface area contributed by atoms with E-state index < -0.39 is 0 Å². The van der Waals surface area contributed by atoms with Gasteiger partial charge in [-0.05, 0) is 24.3 Å². The standard InChI is InChI=1S/C14H16N4S/c1-18(2)13-6-4-3-5-11(13)17-10-7-8-12(14(15)19)16-9-10/h3-9,17H,1-2H3,(H2,15,19). The molecule has 0 radical (unpaired) electrons. The second-order valence-corrected chi connectivity index (χ2v) is 4.77. The van der Waals surface area contributed by atoms with Crippen LogP contribution >= 0.6 is 12.2 Å². The highest BCUT2D eigenvalue weighted by molar-refractivity contribution is 7.80. The Bertz CT molecular complexity index is 578. The topological polar surface area (TPSA) is 54.2 Å². The van der Waals surface area contributed by atoms with Gasteiger partial charge >= 0.3 is 0 Å². The van der Waals surface area contributed by atoms with Gasteiger partial charge in [-0.2, -0.15) is 0 Å². The van der Waals surface area contributed by atoms with Crippen molar-refractivity contribution in [3.8, 4) is 0 Å². The molecule has 2 aromatic rings. The normalized spacial score (nSPS) is 10.0. The summed E-state index contributed by atoms with van der Waals surface area (Å²) in [6.45, 7) is 0. The molecule has 0 atom stereocenters. The summed E-state index contributed by atoms with van der Waals surface area (Å²) in [5.41, 5.74) is 9.18. The Morgan fingerprint density at radius 3 is 2.53 bits per heavy atom. The maximum absolute atomic E-state index is 5.52. The summed E-state index contributed by atoms with van der Waals surface area (Å²) < 4.78 is 0. The molecule has 0 saturated heterocycles. The summed E-state index contributed by atoms with van der Waals surface area (Å²) in [5, 5.41) is 3.33. The van der Waals surface area contributed by atoms with Crippen molar-refractivity contribution in [3.05, 3.63) is 48.3 Å². The molecule has 0 aliphatic heterocycles. The number of hydrogen-bond acceptors (Lipinski definition) is 4. The van der Waals surface area contributed by atoms with E-state index in [0.717, 1.165) is 17.1 Å². The number of rotatable bonds is 4. The monoisotopic (exact) mass is 272 g/mol. The van der Waals surface area contributed by atoms with Crippen molar-refractivity contribution in [1.29, 1.82) is 0 Å². The third-order valence-corrected chi connectivity index (χ3v) is 2.89. The van der Waals surface area contributed by atoms with Crippen LogP contribution in [0.5, 0.6) is 0 Å². The number of benzene rings is 1. The van der Waals surface area contributed by atoms with E-state index in [4.69, 9.17) is 18.0 Å².